The number of aromatic nitrogens is 2. The SMILES string of the molecule is COc1ccccc1CCN(C)c1cc(N2CCCC2CO)ncn1. The fraction of sp³-hybridized carbons (Fsp3) is 0.474. The average molecular weight is 342 g/mol. The van der Waals surface area contributed by atoms with Crippen molar-refractivity contribution in [1.29, 1.82) is 0 Å². The van der Waals surface area contributed by atoms with Crippen molar-refractivity contribution in [1.82, 2.24) is 9.97 Å². The first-order valence-corrected chi connectivity index (χ1v) is 8.75. The van der Waals surface area contributed by atoms with E-state index in [-0.39, 0.29) is 12.6 Å². The first-order valence-electron chi connectivity index (χ1n) is 8.75. The summed E-state index contributed by atoms with van der Waals surface area (Å²) in [6.07, 6.45) is 4.59. The van der Waals surface area contributed by atoms with E-state index < -0.39 is 0 Å². The minimum absolute atomic E-state index is 0.168. The number of methoxy groups -OCH3 is 1. The normalized spacial score (nSPS) is 16.9. The van der Waals surface area contributed by atoms with Gasteiger partial charge in [0, 0.05) is 26.2 Å². The second-order valence-electron chi connectivity index (χ2n) is 6.39. The van der Waals surface area contributed by atoms with Gasteiger partial charge >= 0.3 is 0 Å². The third-order valence-electron chi connectivity index (χ3n) is 4.82. The molecule has 1 aromatic carbocycles. The minimum Gasteiger partial charge on any atom is -0.496 e. The van der Waals surface area contributed by atoms with Gasteiger partial charge in [-0.2, -0.15) is 0 Å². The van der Waals surface area contributed by atoms with Gasteiger partial charge in [-0.15, -0.1) is 0 Å². The summed E-state index contributed by atoms with van der Waals surface area (Å²) in [6, 6.07) is 10.3. The van der Waals surface area contributed by atoms with Crippen molar-refractivity contribution >= 4 is 11.6 Å². The standard InChI is InChI=1S/C19H26N4O2/c1-22(11-9-15-6-3-4-8-17(15)25-2)18-12-19(21-14-20-18)23-10-5-7-16(23)13-24/h3-4,6,8,12,14,16,24H,5,7,9-11,13H2,1-2H3. The lowest BCUT2D eigenvalue weighted by atomic mass is 10.1. The van der Waals surface area contributed by atoms with Gasteiger partial charge < -0.3 is 19.6 Å². The Labute approximate surface area is 149 Å². The molecular formula is C19H26N4O2. The lowest BCUT2D eigenvalue weighted by Crippen LogP contribution is -2.33. The number of rotatable bonds is 7. The number of aliphatic hydroxyl groups excluding tert-OH is 1. The Bertz CT molecular complexity index is 695. The molecule has 0 amide bonds. The van der Waals surface area contributed by atoms with Crippen molar-refractivity contribution in [3.05, 3.63) is 42.2 Å². The van der Waals surface area contributed by atoms with E-state index in [1.54, 1.807) is 13.4 Å². The maximum absolute atomic E-state index is 9.53. The van der Waals surface area contributed by atoms with E-state index in [4.69, 9.17) is 4.74 Å². The van der Waals surface area contributed by atoms with Crippen molar-refractivity contribution in [2.45, 2.75) is 25.3 Å². The van der Waals surface area contributed by atoms with Crippen molar-refractivity contribution in [2.75, 3.05) is 43.7 Å². The van der Waals surface area contributed by atoms with Crippen molar-refractivity contribution < 1.29 is 9.84 Å². The van der Waals surface area contributed by atoms with Gasteiger partial charge in [0.05, 0.1) is 19.8 Å². The maximum Gasteiger partial charge on any atom is 0.134 e. The van der Waals surface area contributed by atoms with Gasteiger partial charge in [-0.1, -0.05) is 18.2 Å². The third-order valence-corrected chi connectivity index (χ3v) is 4.82. The van der Waals surface area contributed by atoms with Gasteiger partial charge in [0.2, 0.25) is 0 Å². The molecular weight excluding hydrogens is 316 g/mol. The number of ether oxygens (including phenoxy) is 1. The zero-order valence-electron chi connectivity index (χ0n) is 14.9. The van der Waals surface area contributed by atoms with Crippen LogP contribution in [0, 0.1) is 0 Å². The largest absolute Gasteiger partial charge is 0.496 e. The summed E-state index contributed by atoms with van der Waals surface area (Å²) in [7, 11) is 3.74. The quantitative estimate of drug-likeness (QED) is 0.832. The van der Waals surface area contributed by atoms with E-state index >= 15 is 0 Å². The second kappa shape index (κ2) is 8.16. The summed E-state index contributed by atoms with van der Waals surface area (Å²) in [5.74, 6) is 2.70. The van der Waals surface area contributed by atoms with Crippen LogP contribution in [0.2, 0.25) is 0 Å². The Balaban J connectivity index is 1.68. The number of hydrogen-bond acceptors (Lipinski definition) is 6. The fourth-order valence-electron chi connectivity index (χ4n) is 3.34. The monoisotopic (exact) mass is 342 g/mol. The summed E-state index contributed by atoms with van der Waals surface area (Å²) in [4.78, 5) is 13.1. The molecule has 1 unspecified atom stereocenters. The van der Waals surface area contributed by atoms with Crippen LogP contribution in [0.4, 0.5) is 11.6 Å². The molecule has 2 aromatic rings. The summed E-state index contributed by atoms with van der Waals surface area (Å²) < 4.78 is 5.42. The molecule has 6 heteroatoms. The van der Waals surface area contributed by atoms with Crippen LogP contribution < -0.4 is 14.5 Å². The van der Waals surface area contributed by atoms with Gasteiger partial charge in [-0.05, 0) is 30.9 Å². The van der Waals surface area contributed by atoms with Crippen LogP contribution in [-0.2, 0) is 6.42 Å². The highest BCUT2D eigenvalue weighted by Crippen LogP contribution is 2.25. The summed E-state index contributed by atoms with van der Waals surface area (Å²) in [5.41, 5.74) is 1.19. The molecule has 3 rings (SSSR count). The fourth-order valence-corrected chi connectivity index (χ4v) is 3.34. The molecule has 1 aliphatic rings. The number of anilines is 2. The molecule has 0 saturated carbocycles. The summed E-state index contributed by atoms with van der Waals surface area (Å²) in [5, 5.41) is 9.53. The first kappa shape index (κ1) is 17.5. The van der Waals surface area contributed by atoms with Crippen LogP contribution in [0.15, 0.2) is 36.7 Å². The first-order chi connectivity index (χ1) is 12.2. The maximum atomic E-state index is 9.53. The van der Waals surface area contributed by atoms with Crippen LogP contribution >= 0.6 is 0 Å². The number of para-hydroxylation sites is 1. The molecule has 0 bridgehead atoms. The van der Waals surface area contributed by atoms with Crippen LogP contribution in [0.25, 0.3) is 0 Å². The zero-order chi connectivity index (χ0) is 17.6. The van der Waals surface area contributed by atoms with Crippen molar-refractivity contribution in [3.8, 4) is 5.75 Å². The predicted molar refractivity (Wildman–Crippen MR) is 99.5 cm³/mol. The molecule has 0 radical (unpaired) electrons. The molecule has 1 saturated heterocycles. The van der Waals surface area contributed by atoms with Gasteiger partial charge in [-0.3, -0.25) is 0 Å². The smallest absolute Gasteiger partial charge is 0.134 e. The van der Waals surface area contributed by atoms with Gasteiger partial charge in [-0.25, -0.2) is 9.97 Å². The van der Waals surface area contributed by atoms with E-state index in [9.17, 15) is 5.11 Å². The van der Waals surface area contributed by atoms with E-state index in [0.29, 0.717) is 0 Å². The van der Waals surface area contributed by atoms with E-state index in [2.05, 4.69) is 25.8 Å². The van der Waals surface area contributed by atoms with Crippen LogP contribution in [0.1, 0.15) is 18.4 Å². The Hall–Kier alpha value is -2.34. The van der Waals surface area contributed by atoms with Crippen LogP contribution in [0.3, 0.4) is 0 Å². The van der Waals surface area contributed by atoms with E-state index in [1.807, 2.05) is 31.3 Å². The molecule has 25 heavy (non-hydrogen) atoms. The number of nitrogens with zero attached hydrogens (tertiary/aromatic N) is 4. The lowest BCUT2D eigenvalue weighted by molar-refractivity contribution is 0.266. The van der Waals surface area contributed by atoms with E-state index in [1.165, 1.54) is 5.56 Å². The Kier molecular flexibility index (Phi) is 5.71. The van der Waals surface area contributed by atoms with Gasteiger partial charge in [0.15, 0.2) is 0 Å². The molecule has 134 valence electrons. The van der Waals surface area contributed by atoms with Gasteiger partial charge in [0.1, 0.15) is 23.7 Å². The zero-order valence-corrected chi connectivity index (χ0v) is 14.9. The highest BCUT2D eigenvalue weighted by molar-refractivity contribution is 5.51. The molecule has 1 fully saturated rings. The topological polar surface area (TPSA) is 61.7 Å². The number of hydrogen-bond donors (Lipinski definition) is 1. The number of benzene rings is 1. The van der Waals surface area contributed by atoms with Gasteiger partial charge in [0.25, 0.3) is 0 Å². The molecule has 0 aliphatic carbocycles. The Morgan fingerprint density at radius 3 is 2.96 bits per heavy atom. The van der Waals surface area contributed by atoms with E-state index in [0.717, 1.165) is 49.7 Å². The summed E-state index contributed by atoms with van der Waals surface area (Å²) >= 11 is 0. The van der Waals surface area contributed by atoms with Crippen LogP contribution in [0.5, 0.6) is 5.75 Å². The lowest BCUT2D eigenvalue weighted by Gasteiger charge is -2.25. The van der Waals surface area contributed by atoms with Crippen molar-refractivity contribution in [2.24, 2.45) is 0 Å². The van der Waals surface area contributed by atoms with Crippen LogP contribution in [-0.4, -0.2) is 55.0 Å². The molecule has 1 atom stereocenters. The Morgan fingerprint density at radius 1 is 1.32 bits per heavy atom. The molecule has 1 aromatic heterocycles. The molecule has 2 heterocycles. The summed E-state index contributed by atoms with van der Waals surface area (Å²) in [6.45, 7) is 1.94. The Morgan fingerprint density at radius 2 is 2.16 bits per heavy atom. The van der Waals surface area contributed by atoms with Crippen molar-refractivity contribution in [3.63, 3.8) is 0 Å². The molecule has 0 spiro atoms. The third kappa shape index (κ3) is 4.02. The highest BCUT2D eigenvalue weighted by atomic mass is 16.5. The molecule has 6 nitrogen and oxygen atoms in total. The second-order valence-corrected chi connectivity index (χ2v) is 6.39. The minimum atomic E-state index is 0.168. The molecule has 1 N–H and O–H groups in total. The molecule has 1 aliphatic heterocycles. The number of likely N-dealkylation sites (N-methyl/N-ethyl adjacent to an activating group) is 1. The average Bonchev–Trinajstić information content (AvgIpc) is 3.15. The highest BCUT2D eigenvalue weighted by Gasteiger charge is 2.25. The predicted octanol–water partition coefficient (Wildman–Crippen LogP) is 2.13. The number of aliphatic hydroxyl groups is 1.